The van der Waals surface area contributed by atoms with Gasteiger partial charge in [-0.3, -0.25) is 0 Å². The topological polar surface area (TPSA) is 33.3 Å². The fourth-order valence-corrected chi connectivity index (χ4v) is 2.37. The van der Waals surface area contributed by atoms with Crippen molar-refractivity contribution in [1.29, 1.82) is 0 Å². The molecular weight excluding hydrogens is 231 g/mol. The molecule has 100 valence electrons. The lowest BCUT2D eigenvalue weighted by Gasteiger charge is -2.12. The summed E-state index contributed by atoms with van der Waals surface area (Å²) in [5.41, 5.74) is 0.921. The number of methoxy groups -OCH3 is 1. The van der Waals surface area contributed by atoms with Gasteiger partial charge in [-0.05, 0) is 56.1 Å². The Kier molecular flexibility index (Phi) is 4.96. The number of halogens is 1. The number of rotatable bonds is 6. The van der Waals surface area contributed by atoms with Gasteiger partial charge in [-0.25, -0.2) is 4.39 Å². The Hall–Kier alpha value is -1.13. The molecule has 1 heterocycles. The fraction of sp³-hybridized carbons (Fsp3) is 0.571. The summed E-state index contributed by atoms with van der Waals surface area (Å²) in [5.74, 6) is 0.556. The van der Waals surface area contributed by atoms with Crippen LogP contribution in [0.5, 0.6) is 5.75 Å². The first-order valence-electron chi connectivity index (χ1n) is 6.56. The van der Waals surface area contributed by atoms with Crippen LogP contribution in [0.1, 0.15) is 18.4 Å². The molecule has 0 bridgehead atoms. The van der Waals surface area contributed by atoms with Crippen molar-refractivity contribution in [3.8, 4) is 5.75 Å². The van der Waals surface area contributed by atoms with Gasteiger partial charge in [-0.15, -0.1) is 0 Å². The highest BCUT2D eigenvalue weighted by atomic mass is 19.1. The Bertz CT molecular complexity index is 378. The van der Waals surface area contributed by atoms with Crippen LogP contribution < -0.4 is 15.4 Å². The molecule has 18 heavy (non-hydrogen) atoms. The van der Waals surface area contributed by atoms with Gasteiger partial charge in [-0.2, -0.15) is 0 Å². The average molecular weight is 252 g/mol. The van der Waals surface area contributed by atoms with Gasteiger partial charge < -0.3 is 15.4 Å². The Morgan fingerprint density at radius 2 is 2.39 bits per heavy atom. The Morgan fingerprint density at radius 3 is 3.11 bits per heavy atom. The summed E-state index contributed by atoms with van der Waals surface area (Å²) in [6, 6.07) is 5.26. The molecule has 1 aliphatic rings. The number of hydrogen-bond donors (Lipinski definition) is 2. The number of hydrogen-bond acceptors (Lipinski definition) is 3. The summed E-state index contributed by atoms with van der Waals surface area (Å²) in [5, 5.41) is 6.85. The lowest BCUT2D eigenvalue weighted by Crippen LogP contribution is -2.34. The number of nitrogens with one attached hydrogen (secondary N) is 2. The van der Waals surface area contributed by atoms with Crippen LogP contribution in [0, 0.1) is 5.82 Å². The van der Waals surface area contributed by atoms with E-state index in [-0.39, 0.29) is 5.82 Å². The van der Waals surface area contributed by atoms with Crippen molar-refractivity contribution in [2.75, 3.05) is 26.7 Å². The quantitative estimate of drug-likeness (QED) is 0.756. The molecule has 0 radical (unpaired) electrons. The third-order valence-corrected chi connectivity index (χ3v) is 3.37. The summed E-state index contributed by atoms with van der Waals surface area (Å²) in [7, 11) is 1.62. The van der Waals surface area contributed by atoms with Gasteiger partial charge in [0.15, 0.2) is 0 Å². The van der Waals surface area contributed by atoms with Crippen LogP contribution in [0.25, 0.3) is 0 Å². The Balaban J connectivity index is 1.76. The van der Waals surface area contributed by atoms with Crippen LogP contribution in [0.4, 0.5) is 4.39 Å². The smallest absolute Gasteiger partial charge is 0.123 e. The zero-order valence-corrected chi connectivity index (χ0v) is 10.8. The van der Waals surface area contributed by atoms with E-state index in [9.17, 15) is 4.39 Å². The standard InChI is InChI=1S/C14H21FN2O/c1-18-14-5-4-12(15)9-11(14)6-8-16-10-13-3-2-7-17-13/h4-5,9,13,16-17H,2-3,6-8,10H2,1H3. The molecule has 1 fully saturated rings. The second-order valence-electron chi connectivity index (χ2n) is 4.70. The molecule has 1 atom stereocenters. The minimum Gasteiger partial charge on any atom is -0.496 e. The summed E-state index contributed by atoms with van der Waals surface area (Å²) in [6.07, 6.45) is 3.30. The highest BCUT2D eigenvalue weighted by Crippen LogP contribution is 2.19. The van der Waals surface area contributed by atoms with Crippen molar-refractivity contribution in [2.45, 2.75) is 25.3 Å². The van der Waals surface area contributed by atoms with E-state index in [4.69, 9.17) is 4.74 Å². The predicted molar refractivity (Wildman–Crippen MR) is 70.6 cm³/mol. The average Bonchev–Trinajstić information content (AvgIpc) is 2.88. The second-order valence-corrected chi connectivity index (χ2v) is 4.70. The molecule has 1 unspecified atom stereocenters. The second kappa shape index (κ2) is 6.71. The first-order chi connectivity index (χ1) is 8.79. The lowest BCUT2D eigenvalue weighted by molar-refractivity contribution is 0.407. The molecule has 1 saturated heterocycles. The van der Waals surface area contributed by atoms with E-state index in [1.54, 1.807) is 19.2 Å². The van der Waals surface area contributed by atoms with Gasteiger partial charge in [0.05, 0.1) is 7.11 Å². The third kappa shape index (κ3) is 3.68. The van der Waals surface area contributed by atoms with Crippen molar-refractivity contribution in [3.63, 3.8) is 0 Å². The van der Waals surface area contributed by atoms with Crippen LogP contribution in [-0.4, -0.2) is 32.8 Å². The summed E-state index contributed by atoms with van der Waals surface area (Å²) in [6.45, 7) is 2.96. The molecule has 1 aromatic rings. The zero-order valence-electron chi connectivity index (χ0n) is 10.8. The minimum absolute atomic E-state index is 0.205. The number of benzene rings is 1. The SMILES string of the molecule is COc1ccc(F)cc1CCNCC1CCCN1. The maximum Gasteiger partial charge on any atom is 0.123 e. The van der Waals surface area contributed by atoms with Crippen molar-refractivity contribution in [2.24, 2.45) is 0 Å². The van der Waals surface area contributed by atoms with E-state index in [1.807, 2.05) is 0 Å². The minimum atomic E-state index is -0.205. The van der Waals surface area contributed by atoms with Gasteiger partial charge in [0.25, 0.3) is 0 Å². The highest BCUT2D eigenvalue weighted by Gasteiger charge is 2.12. The monoisotopic (exact) mass is 252 g/mol. The molecular formula is C14H21FN2O. The molecule has 1 aliphatic heterocycles. The van der Waals surface area contributed by atoms with Crippen LogP contribution >= 0.6 is 0 Å². The molecule has 2 rings (SSSR count). The predicted octanol–water partition coefficient (Wildman–Crippen LogP) is 1.72. The normalized spacial score (nSPS) is 19.1. The molecule has 2 N–H and O–H groups in total. The molecule has 0 aliphatic carbocycles. The molecule has 1 aromatic carbocycles. The highest BCUT2D eigenvalue weighted by molar-refractivity contribution is 5.34. The maximum absolute atomic E-state index is 13.2. The van der Waals surface area contributed by atoms with E-state index in [2.05, 4.69) is 10.6 Å². The van der Waals surface area contributed by atoms with Crippen LogP contribution in [-0.2, 0) is 6.42 Å². The molecule has 0 saturated carbocycles. The largest absolute Gasteiger partial charge is 0.496 e. The number of ether oxygens (including phenoxy) is 1. The van der Waals surface area contributed by atoms with E-state index in [0.717, 1.165) is 37.4 Å². The summed E-state index contributed by atoms with van der Waals surface area (Å²) >= 11 is 0. The first kappa shape index (κ1) is 13.3. The molecule has 0 aromatic heterocycles. The van der Waals surface area contributed by atoms with E-state index >= 15 is 0 Å². The molecule has 3 nitrogen and oxygen atoms in total. The van der Waals surface area contributed by atoms with E-state index in [1.165, 1.54) is 18.9 Å². The maximum atomic E-state index is 13.2. The Morgan fingerprint density at radius 1 is 1.50 bits per heavy atom. The van der Waals surface area contributed by atoms with Gasteiger partial charge in [0.2, 0.25) is 0 Å². The molecule has 4 heteroatoms. The third-order valence-electron chi connectivity index (χ3n) is 3.37. The summed E-state index contributed by atoms with van der Waals surface area (Å²) in [4.78, 5) is 0. The van der Waals surface area contributed by atoms with E-state index in [0.29, 0.717) is 6.04 Å². The zero-order chi connectivity index (χ0) is 12.8. The van der Waals surface area contributed by atoms with Crippen LogP contribution in [0.3, 0.4) is 0 Å². The molecule has 0 amide bonds. The Labute approximate surface area is 108 Å². The van der Waals surface area contributed by atoms with Crippen LogP contribution in [0.15, 0.2) is 18.2 Å². The van der Waals surface area contributed by atoms with Gasteiger partial charge in [-0.1, -0.05) is 0 Å². The van der Waals surface area contributed by atoms with Gasteiger partial charge in [0, 0.05) is 12.6 Å². The van der Waals surface area contributed by atoms with Crippen molar-refractivity contribution >= 4 is 0 Å². The van der Waals surface area contributed by atoms with Gasteiger partial charge >= 0.3 is 0 Å². The van der Waals surface area contributed by atoms with Gasteiger partial charge in [0.1, 0.15) is 11.6 Å². The van der Waals surface area contributed by atoms with Crippen molar-refractivity contribution in [1.82, 2.24) is 10.6 Å². The van der Waals surface area contributed by atoms with Crippen LogP contribution in [0.2, 0.25) is 0 Å². The fourth-order valence-electron chi connectivity index (χ4n) is 2.37. The summed E-state index contributed by atoms with van der Waals surface area (Å²) < 4.78 is 18.4. The first-order valence-corrected chi connectivity index (χ1v) is 6.56. The van der Waals surface area contributed by atoms with Crippen molar-refractivity contribution < 1.29 is 9.13 Å². The molecule has 0 spiro atoms. The van der Waals surface area contributed by atoms with E-state index < -0.39 is 0 Å². The lowest BCUT2D eigenvalue weighted by atomic mass is 10.1. The van der Waals surface area contributed by atoms with Crippen molar-refractivity contribution in [3.05, 3.63) is 29.6 Å².